The minimum Gasteiger partial charge on any atom is -0.481 e. The molecule has 0 aromatic carbocycles. The van der Waals surface area contributed by atoms with E-state index in [9.17, 15) is 14.4 Å². The maximum atomic E-state index is 11.8. The third-order valence-electron chi connectivity index (χ3n) is 3.38. The molecule has 1 rings (SSSR count). The molecule has 1 atom stereocenters. The van der Waals surface area contributed by atoms with Crippen LogP contribution in [0.1, 0.15) is 26.7 Å². The summed E-state index contributed by atoms with van der Waals surface area (Å²) in [7, 11) is 0. The summed E-state index contributed by atoms with van der Waals surface area (Å²) in [6.45, 7) is 5.05. The summed E-state index contributed by atoms with van der Waals surface area (Å²) in [5, 5.41) is 13.7. The number of hydrogen-bond acceptors (Lipinski definition) is 4. The average Bonchev–Trinajstić information content (AvgIpc) is 2.38. The molecular weight excluding hydrogens is 250 g/mol. The Balaban J connectivity index is 2.42. The van der Waals surface area contributed by atoms with Crippen molar-refractivity contribution in [3.63, 3.8) is 0 Å². The molecular formula is C12H21N3O4. The van der Waals surface area contributed by atoms with Crippen molar-refractivity contribution in [1.82, 2.24) is 15.5 Å². The zero-order valence-electron chi connectivity index (χ0n) is 11.3. The number of urea groups is 1. The van der Waals surface area contributed by atoms with E-state index in [0.717, 1.165) is 0 Å². The Hall–Kier alpha value is -1.63. The summed E-state index contributed by atoms with van der Waals surface area (Å²) in [5.74, 6) is -1.46. The summed E-state index contributed by atoms with van der Waals surface area (Å²) in [6.07, 6.45) is 1.07. The molecule has 1 saturated heterocycles. The number of hydrogen-bond donors (Lipinski definition) is 3. The second-order valence-electron chi connectivity index (χ2n) is 4.67. The Morgan fingerprint density at radius 3 is 2.37 bits per heavy atom. The van der Waals surface area contributed by atoms with Crippen molar-refractivity contribution in [2.75, 3.05) is 19.6 Å². The van der Waals surface area contributed by atoms with E-state index >= 15 is 0 Å². The number of imide groups is 1. The van der Waals surface area contributed by atoms with Crippen LogP contribution in [0.3, 0.4) is 0 Å². The quantitative estimate of drug-likeness (QED) is 0.669. The molecule has 0 aliphatic carbocycles. The normalized spacial score (nSPS) is 18.6. The summed E-state index contributed by atoms with van der Waals surface area (Å²) in [4.78, 5) is 35.8. The van der Waals surface area contributed by atoms with Gasteiger partial charge in [0.05, 0.1) is 12.0 Å². The summed E-state index contributed by atoms with van der Waals surface area (Å²) >= 11 is 0. The van der Waals surface area contributed by atoms with Crippen molar-refractivity contribution in [2.45, 2.75) is 32.7 Å². The molecule has 0 aromatic heterocycles. The SMILES string of the molecule is CCNC(=O)NC(=O)C(C)N1CCC(C(=O)O)CC1. The lowest BCUT2D eigenvalue weighted by atomic mass is 9.96. The van der Waals surface area contributed by atoms with Crippen LogP contribution in [0.5, 0.6) is 0 Å². The first-order chi connectivity index (χ1) is 8.95. The summed E-state index contributed by atoms with van der Waals surface area (Å²) in [5.41, 5.74) is 0. The Bertz CT molecular complexity index is 351. The zero-order chi connectivity index (χ0) is 14.4. The number of carboxylic acid groups (broad SMARTS) is 1. The number of amides is 3. The molecule has 1 aliphatic rings. The molecule has 19 heavy (non-hydrogen) atoms. The highest BCUT2D eigenvalue weighted by Crippen LogP contribution is 2.19. The van der Waals surface area contributed by atoms with Crippen molar-refractivity contribution >= 4 is 17.9 Å². The van der Waals surface area contributed by atoms with E-state index in [0.29, 0.717) is 32.5 Å². The smallest absolute Gasteiger partial charge is 0.321 e. The van der Waals surface area contributed by atoms with Crippen LogP contribution in [0, 0.1) is 5.92 Å². The first-order valence-corrected chi connectivity index (χ1v) is 6.51. The Labute approximate surface area is 112 Å². The second kappa shape index (κ2) is 7.08. The zero-order valence-corrected chi connectivity index (χ0v) is 11.3. The lowest BCUT2D eigenvalue weighted by Crippen LogP contribution is -2.51. The molecule has 0 spiro atoms. The number of nitrogens with one attached hydrogen (secondary N) is 2. The third kappa shape index (κ3) is 4.51. The van der Waals surface area contributed by atoms with Crippen molar-refractivity contribution < 1.29 is 19.5 Å². The van der Waals surface area contributed by atoms with Crippen molar-refractivity contribution in [2.24, 2.45) is 5.92 Å². The van der Waals surface area contributed by atoms with Gasteiger partial charge in [-0.2, -0.15) is 0 Å². The van der Waals surface area contributed by atoms with Crippen LogP contribution < -0.4 is 10.6 Å². The largest absolute Gasteiger partial charge is 0.481 e. The first kappa shape index (κ1) is 15.4. The number of nitrogens with zero attached hydrogens (tertiary/aromatic N) is 1. The van der Waals surface area contributed by atoms with E-state index < -0.39 is 18.0 Å². The van der Waals surface area contributed by atoms with Gasteiger partial charge in [-0.15, -0.1) is 0 Å². The van der Waals surface area contributed by atoms with Gasteiger partial charge in [0.25, 0.3) is 0 Å². The Morgan fingerprint density at radius 1 is 1.32 bits per heavy atom. The fourth-order valence-electron chi connectivity index (χ4n) is 2.12. The lowest BCUT2D eigenvalue weighted by Gasteiger charge is -2.33. The van der Waals surface area contributed by atoms with Crippen molar-refractivity contribution in [3.8, 4) is 0 Å². The van der Waals surface area contributed by atoms with Gasteiger partial charge in [-0.05, 0) is 39.8 Å². The third-order valence-corrected chi connectivity index (χ3v) is 3.38. The van der Waals surface area contributed by atoms with Crippen molar-refractivity contribution in [1.29, 1.82) is 0 Å². The molecule has 1 unspecified atom stereocenters. The van der Waals surface area contributed by atoms with E-state index in [4.69, 9.17) is 5.11 Å². The molecule has 1 fully saturated rings. The molecule has 0 radical (unpaired) electrons. The lowest BCUT2D eigenvalue weighted by molar-refractivity contribution is -0.143. The van der Waals surface area contributed by atoms with Gasteiger partial charge in [-0.1, -0.05) is 0 Å². The number of likely N-dealkylation sites (tertiary alicyclic amines) is 1. The Kier molecular flexibility index (Phi) is 5.75. The molecule has 1 heterocycles. The number of aliphatic carboxylic acids is 1. The van der Waals surface area contributed by atoms with Gasteiger partial charge in [-0.3, -0.25) is 19.8 Å². The van der Waals surface area contributed by atoms with Crippen LogP contribution in [0.15, 0.2) is 0 Å². The van der Waals surface area contributed by atoms with Crippen LogP contribution in [0.25, 0.3) is 0 Å². The number of piperidine rings is 1. The highest BCUT2D eigenvalue weighted by Gasteiger charge is 2.29. The highest BCUT2D eigenvalue weighted by molar-refractivity contribution is 5.96. The molecule has 0 saturated carbocycles. The predicted octanol–water partition coefficient (Wildman–Crippen LogP) is 0.0172. The van der Waals surface area contributed by atoms with E-state index in [1.165, 1.54) is 0 Å². The number of carbonyl (C=O) groups is 3. The van der Waals surface area contributed by atoms with Gasteiger partial charge >= 0.3 is 12.0 Å². The van der Waals surface area contributed by atoms with Crippen LogP contribution in [-0.2, 0) is 9.59 Å². The molecule has 7 nitrogen and oxygen atoms in total. The molecule has 1 aliphatic heterocycles. The molecule has 108 valence electrons. The van der Waals surface area contributed by atoms with Crippen molar-refractivity contribution in [3.05, 3.63) is 0 Å². The van der Waals surface area contributed by atoms with Crippen LogP contribution in [0.4, 0.5) is 4.79 Å². The van der Waals surface area contributed by atoms with Crippen LogP contribution >= 0.6 is 0 Å². The standard InChI is InChI=1S/C12H21N3O4/c1-3-13-12(19)14-10(16)8(2)15-6-4-9(5-7-15)11(17)18/h8-9H,3-7H2,1-2H3,(H,17,18)(H2,13,14,16,19). The van der Waals surface area contributed by atoms with Gasteiger partial charge in [0.2, 0.25) is 5.91 Å². The molecule has 3 amide bonds. The predicted molar refractivity (Wildman–Crippen MR) is 68.6 cm³/mol. The highest BCUT2D eigenvalue weighted by atomic mass is 16.4. The van der Waals surface area contributed by atoms with Gasteiger partial charge < -0.3 is 10.4 Å². The molecule has 7 heteroatoms. The molecule has 0 bridgehead atoms. The number of carbonyl (C=O) groups excluding carboxylic acids is 2. The second-order valence-corrected chi connectivity index (χ2v) is 4.67. The molecule has 3 N–H and O–H groups in total. The minimum absolute atomic E-state index is 0.324. The molecule has 0 aromatic rings. The Morgan fingerprint density at radius 2 is 1.89 bits per heavy atom. The van der Waals surface area contributed by atoms with Gasteiger partial charge in [0.1, 0.15) is 0 Å². The van der Waals surface area contributed by atoms with E-state index in [1.807, 2.05) is 4.90 Å². The fraction of sp³-hybridized carbons (Fsp3) is 0.750. The summed E-state index contributed by atoms with van der Waals surface area (Å²) in [6, 6.07) is -0.933. The first-order valence-electron chi connectivity index (χ1n) is 6.51. The van der Waals surface area contributed by atoms with Crippen LogP contribution in [-0.4, -0.2) is 53.6 Å². The summed E-state index contributed by atoms with van der Waals surface area (Å²) < 4.78 is 0. The maximum Gasteiger partial charge on any atom is 0.321 e. The van der Waals surface area contributed by atoms with Gasteiger partial charge in [0.15, 0.2) is 0 Å². The number of carboxylic acids is 1. The average molecular weight is 271 g/mol. The van der Waals surface area contributed by atoms with Crippen LogP contribution in [0.2, 0.25) is 0 Å². The monoisotopic (exact) mass is 271 g/mol. The topological polar surface area (TPSA) is 98.7 Å². The van der Waals surface area contributed by atoms with E-state index in [2.05, 4.69) is 10.6 Å². The van der Waals surface area contributed by atoms with E-state index in [1.54, 1.807) is 13.8 Å². The van der Waals surface area contributed by atoms with Gasteiger partial charge in [-0.25, -0.2) is 4.79 Å². The minimum atomic E-state index is -0.779. The van der Waals surface area contributed by atoms with Gasteiger partial charge in [0, 0.05) is 6.54 Å². The maximum absolute atomic E-state index is 11.8. The number of rotatable bonds is 4. The van der Waals surface area contributed by atoms with E-state index in [-0.39, 0.29) is 11.8 Å². The fourth-order valence-corrected chi connectivity index (χ4v) is 2.12.